The molecule has 1 N–H and O–H groups in total. The average Bonchev–Trinajstić information content (AvgIpc) is 2.38. The summed E-state index contributed by atoms with van der Waals surface area (Å²) in [5.74, 6) is 1.93. The number of carbonyl (C=O) groups excluding carboxylic acids is 1. The first kappa shape index (κ1) is 14.1. The molecule has 17 heavy (non-hydrogen) atoms. The van der Waals surface area contributed by atoms with E-state index < -0.39 is 0 Å². The number of esters is 1. The van der Waals surface area contributed by atoms with Crippen LogP contribution in [0.25, 0.3) is 0 Å². The summed E-state index contributed by atoms with van der Waals surface area (Å²) in [6.07, 6.45) is 0.444. The Hall–Kier alpha value is -1.00. The van der Waals surface area contributed by atoms with Gasteiger partial charge >= 0.3 is 5.97 Å². The highest BCUT2D eigenvalue weighted by molar-refractivity contribution is 7.98. The maximum Gasteiger partial charge on any atom is 0.306 e. The molecule has 0 atom stereocenters. The smallest absolute Gasteiger partial charge is 0.306 e. The molecule has 1 rings (SSSR count). The molecule has 0 fully saturated rings. The van der Waals surface area contributed by atoms with Crippen molar-refractivity contribution < 1.29 is 9.53 Å². The molecule has 0 heterocycles. The van der Waals surface area contributed by atoms with Crippen molar-refractivity contribution in [2.75, 3.05) is 26.0 Å². The van der Waals surface area contributed by atoms with E-state index in [-0.39, 0.29) is 5.97 Å². The Kier molecular flexibility index (Phi) is 7.51. The zero-order valence-corrected chi connectivity index (χ0v) is 11.0. The second kappa shape index (κ2) is 9.07. The molecule has 1 aromatic carbocycles. The Labute approximate surface area is 107 Å². The molecule has 0 spiro atoms. The lowest BCUT2D eigenvalue weighted by atomic mass is 10.2. The van der Waals surface area contributed by atoms with E-state index in [2.05, 4.69) is 34.3 Å². The molecule has 1 aromatic rings. The summed E-state index contributed by atoms with van der Waals surface area (Å²) < 4.78 is 4.55. The number of hydrogen-bond acceptors (Lipinski definition) is 4. The lowest BCUT2D eigenvalue weighted by Gasteiger charge is -2.04. The Bertz CT molecular complexity index is 316. The number of ether oxygens (including phenoxy) is 1. The Morgan fingerprint density at radius 1 is 1.29 bits per heavy atom. The van der Waals surface area contributed by atoms with Gasteiger partial charge in [0, 0.05) is 24.6 Å². The number of methoxy groups -OCH3 is 1. The van der Waals surface area contributed by atoms with E-state index in [4.69, 9.17) is 0 Å². The molecule has 4 heteroatoms. The topological polar surface area (TPSA) is 38.3 Å². The summed E-state index contributed by atoms with van der Waals surface area (Å²) in [7, 11) is 1.41. The highest BCUT2D eigenvalue weighted by Gasteiger charge is 1.98. The third kappa shape index (κ3) is 7.02. The van der Waals surface area contributed by atoms with E-state index in [0.717, 1.165) is 18.1 Å². The van der Waals surface area contributed by atoms with Gasteiger partial charge in [-0.05, 0) is 5.56 Å². The largest absolute Gasteiger partial charge is 0.469 e. The molecule has 0 bridgehead atoms. The first-order chi connectivity index (χ1) is 8.33. The van der Waals surface area contributed by atoms with Gasteiger partial charge in [-0.2, -0.15) is 11.8 Å². The van der Waals surface area contributed by atoms with Gasteiger partial charge in [0.25, 0.3) is 0 Å². The molecule has 0 aliphatic heterocycles. The van der Waals surface area contributed by atoms with Crippen LogP contribution in [0.15, 0.2) is 30.3 Å². The number of benzene rings is 1. The van der Waals surface area contributed by atoms with Gasteiger partial charge in [0.2, 0.25) is 0 Å². The molecule has 0 amide bonds. The first-order valence-electron chi connectivity index (χ1n) is 5.72. The number of rotatable bonds is 8. The zero-order chi connectivity index (χ0) is 12.3. The van der Waals surface area contributed by atoms with Crippen LogP contribution in [-0.4, -0.2) is 31.9 Å². The van der Waals surface area contributed by atoms with Crippen molar-refractivity contribution in [3.8, 4) is 0 Å². The van der Waals surface area contributed by atoms with Crippen LogP contribution in [-0.2, 0) is 15.3 Å². The summed E-state index contributed by atoms with van der Waals surface area (Å²) in [6, 6.07) is 10.4. The maximum absolute atomic E-state index is 10.8. The number of carbonyl (C=O) groups is 1. The lowest BCUT2D eigenvalue weighted by Crippen LogP contribution is -2.21. The summed E-state index contributed by atoms with van der Waals surface area (Å²) in [5, 5.41) is 3.22. The molecule has 0 radical (unpaired) electrons. The minimum Gasteiger partial charge on any atom is -0.469 e. The van der Waals surface area contributed by atoms with E-state index in [1.807, 2.05) is 17.8 Å². The molecular weight excluding hydrogens is 234 g/mol. The van der Waals surface area contributed by atoms with Gasteiger partial charge in [0.05, 0.1) is 13.5 Å². The van der Waals surface area contributed by atoms with Crippen molar-refractivity contribution in [3.63, 3.8) is 0 Å². The number of nitrogens with one attached hydrogen (secondary N) is 1. The van der Waals surface area contributed by atoms with Crippen molar-refractivity contribution in [2.45, 2.75) is 12.2 Å². The molecule has 0 unspecified atom stereocenters. The number of thioether (sulfide) groups is 1. The molecule has 0 aromatic heterocycles. The molecular formula is C13H19NO2S. The SMILES string of the molecule is COC(=O)CCNCCSCc1ccccc1. The van der Waals surface area contributed by atoms with Crippen LogP contribution in [0.2, 0.25) is 0 Å². The third-order valence-electron chi connectivity index (χ3n) is 2.27. The van der Waals surface area contributed by atoms with Crippen molar-refractivity contribution >= 4 is 17.7 Å². The van der Waals surface area contributed by atoms with Gasteiger partial charge in [-0.3, -0.25) is 4.79 Å². The van der Waals surface area contributed by atoms with Crippen LogP contribution < -0.4 is 5.32 Å². The molecule has 3 nitrogen and oxygen atoms in total. The van der Waals surface area contributed by atoms with Gasteiger partial charge in [-0.25, -0.2) is 0 Å². The van der Waals surface area contributed by atoms with Crippen molar-refractivity contribution in [1.82, 2.24) is 5.32 Å². The van der Waals surface area contributed by atoms with Crippen LogP contribution >= 0.6 is 11.8 Å². The fourth-order valence-electron chi connectivity index (χ4n) is 1.33. The molecule has 0 saturated carbocycles. The molecule has 0 aliphatic carbocycles. The van der Waals surface area contributed by atoms with Gasteiger partial charge in [0.1, 0.15) is 0 Å². The van der Waals surface area contributed by atoms with Gasteiger partial charge in [-0.1, -0.05) is 30.3 Å². The van der Waals surface area contributed by atoms with Gasteiger partial charge < -0.3 is 10.1 Å². The van der Waals surface area contributed by atoms with Crippen LogP contribution in [0.5, 0.6) is 0 Å². The first-order valence-corrected chi connectivity index (χ1v) is 6.87. The second-order valence-electron chi connectivity index (χ2n) is 3.61. The van der Waals surface area contributed by atoms with Crippen LogP contribution in [0.1, 0.15) is 12.0 Å². The number of hydrogen-bond donors (Lipinski definition) is 1. The summed E-state index contributed by atoms with van der Waals surface area (Å²) in [5.41, 5.74) is 1.35. The summed E-state index contributed by atoms with van der Waals surface area (Å²) in [6.45, 7) is 1.62. The van der Waals surface area contributed by atoms with E-state index in [1.54, 1.807) is 0 Å². The average molecular weight is 253 g/mol. The van der Waals surface area contributed by atoms with Crippen LogP contribution in [0.4, 0.5) is 0 Å². The molecule has 0 aliphatic rings. The Balaban J connectivity index is 1.93. The van der Waals surface area contributed by atoms with E-state index >= 15 is 0 Å². The highest BCUT2D eigenvalue weighted by Crippen LogP contribution is 2.10. The normalized spacial score (nSPS) is 10.2. The van der Waals surface area contributed by atoms with E-state index in [0.29, 0.717) is 13.0 Å². The molecule has 0 saturated heterocycles. The predicted molar refractivity (Wildman–Crippen MR) is 72.1 cm³/mol. The van der Waals surface area contributed by atoms with Crippen LogP contribution in [0.3, 0.4) is 0 Å². The maximum atomic E-state index is 10.8. The Morgan fingerprint density at radius 2 is 2.06 bits per heavy atom. The van der Waals surface area contributed by atoms with Crippen molar-refractivity contribution in [3.05, 3.63) is 35.9 Å². The fourth-order valence-corrected chi connectivity index (χ4v) is 2.19. The minimum atomic E-state index is -0.158. The fraction of sp³-hybridized carbons (Fsp3) is 0.462. The van der Waals surface area contributed by atoms with E-state index in [9.17, 15) is 4.79 Å². The minimum absolute atomic E-state index is 0.158. The van der Waals surface area contributed by atoms with Crippen molar-refractivity contribution in [2.24, 2.45) is 0 Å². The lowest BCUT2D eigenvalue weighted by molar-refractivity contribution is -0.140. The molecule has 94 valence electrons. The van der Waals surface area contributed by atoms with Gasteiger partial charge in [0.15, 0.2) is 0 Å². The third-order valence-corrected chi connectivity index (χ3v) is 3.30. The second-order valence-corrected chi connectivity index (χ2v) is 4.72. The quantitative estimate of drug-likeness (QED) is 0.568. The summed E-state index contributed by atoms with van der Waals surface area (Å²) in [4.78, 5) is 10.8. The monoisotopic (exact) mass is 253 g/mol. The van der Waals surface area contributed by atoms with Gasteiger partial charge in [-0.15, -0.1) is 0 Å². The zero-order valence-electron chi connectivity index (χ0n) is 10.1. The van der Waals surface area contributed by atoms with E-state index in [1.165, 1.54) is 12.7 Å². The van der Waals surface area contributed by atoms with Crippen molar-refractivity contribution in [1.29, 1.82) is 0 Å². The Morgan fingerprint density at radius 3 is 2.76 bits per heavy atom. The summed E-state index contributed by atoms with van der Waals surface area (Å²) >= 11 is 1.89. The van der Waals surface area contributed by atoms with Crippen LogP contribution in [0, 0.1) is 0 Å². The highest BCUT2D eigenvalue weighted by atomic mass is 32.2. The predicted octanol–water partition coefficient (Wildman–Crippen LogP) is 2.07. The standard InChI is InChI=1S/C13H19NO2S/c1-16-13(15)7-8-14-9-10-17-11-12-5-3-2-4-6-12/h2-6,14H,7-11H2,1H3.